The number of aryl methyl sites for hydroxylation is 1. The topological polar surface area (TPSA) is 50.9 Å². The van der Waals surface area contributed by atoms with E-state index in [-0.39, 0.29) is 5.56 Å². The molecule has 0 saturated carbocycles. The Hall–Kier alpha value is -1.75. The van der Waals surface area contributed by atoms with Gasteiger partial charge in [-0.15, -0.1) is 0 Å². The molecule has 0 aromatic carbocycles. The number of aliphatic hydroxyl groups excluding tert-OH is 1. The average Bonchev–Trinajstić information content (AvgIpc) is 2.64. The maximum atomic E-state index is 13.3. The molecule has 0 amide bonds. The van der Waals surface area contributed by atoms with Crippen molar-refractivity contribution in [1.82, 2.24) is 14.5 Å². The lowest BCUT2D eigenvalue weighted by Crippen LogP contribution is -2.08. The van der Waals surface area contributed by atoms with E-state index in [1.165, 1.54) is 12.3 Å². The number of hydrogen-bond donors (Lipinski definition) is 1. The van der Waals surface area contributed by atoms with Gasteiger partial charge in [0.1, 0.15) is 17.7 Å². The molecule has 4 nitrogen and oxygen atoms in total. The Morgan fingerprint density at radius 3 is 2.87 bits per heavy atom. The summed E-state index contributed by atoms with van der Waals surface area (Å²) in [6.45, 7) is 0. The van der Waals surface area contributed by atoms with Crippen LogP contribution in [0.1, 0.15) is 17.5 Å². The third-order valence-electron chi connectivity index (χ3n) is 2.20. The molecule has 0 aliphatic heterocycles. The molecule has 0 radical (unpaired) electrons. The first-order valence-electron chi connectivity index (χ1n) is 4.45. The zero-order valence-electron chi connectivity index (χ0n) is 8.13. The largest absolute Gasteiger partial charge is 0.380 e. The second-order valence-electron chi connectivity index (χ2n) is 3.20. The molecule has 2 aromatic heterocycles. The number of hydrogen-bond acceptors (Lipinski definition) is 3. The normalized spacial score (nSPS) is 12.7. The van der Waals surface area contributed by atoms with Gasteiger partial charge in [-0.25, -0.2) is 9.37 Å². The van der Waals surface area contributed by atoms with Crippen LogP contribution in [0.4, 0.5) is 4.39 Å². The number of pyridine rings is 1. The quantitative estimate of drug-likeness (QED) is 0.800. The maximum absolute atomic E-state index is 13.3. The van der Waals surface area contributed by atoms with E-state index in [0.717, 1.165) is 6.20 Å². The van der Waals surface area contributed by atoms with Crippen molar-refractivity contribution in [3.8, 4) is 0 Å². The van der Waals surface area contributed by atoms with Crippen molar-refractivity contribution in [2.45, 2.75) is 6.10 Å². The van der Waals surface area contributed by atoms with Gasteiger partial charge in [-0.3, -0.25) is 4.98 Å². The van der Waals surface area contributed by atoms with Crippen LogP contribution in [-0.4, -0.2) is 19.6 Å². The van der Waals surface area contributed by atoms with Crippen LogP contribution in [0.25, 0.3) is 0 Å². The first-order chi connectivity index (χ1) is 7.20. The summed E-state index contributed by atoms with van der Waals surface area (Å²) in [6.07, 6.45) is 4.69. The minimum atomic E-state index is -1.06. The predicted octanol–water partition coefficient (Wildman–Crippen LogP) is 1.04. The second-order valence-corrected chi connectivity index (χ2v) is 3.20. The fourth-order valence-electron chi connectivity index (χ4n) is 1.39. The van der Waals surface area contributed by atoms with Crippen molar-refractivity contribution in [2.24, 2.45) is 7.05 Å². The molecule has 0 aliphatic rings. The van der Waals surface area contributed by atoms with Gasteiger partial charge in [-0.1, -0.05) is 0 Å². The van der Waals surface area contributed by atoms with Gasteiger partial charge >= 0.3 is 0 Å². The van der Waals surface area contributed by atoms with E-state index in [1.54, 1.807) is 24.0 Å². The lowest BCUT2D eigenvalue weighted by molar-refractivity contribution is 0.201. The number of nitrogens with zero attached hydrogens (tertiary/aromatic N) is 3. The summed E-state index contributed by atoms with van der Waals surface area (Å²) in [5.74, 6) is -0.131. The minimum Gasteiger partial charge on any atom is -0.380 e. The molecular weight excluding hydrogens is 197 g/mol. The molecular formula is C10H10FN3O. The lowest BCUT2D eigenvalue weighted by Gasteiger charge is -2.11. The van der Waals surface area contributed by atoms with Gasteiger partial charge < -0.3 is 9.67 Å². The summed E-state index contributed by atoms with van der Waals surface area (Å²) in [5.41, 5.74) is 0.180. The number of aromatic nitrogens is 3. The van der Waals surface area contributed by atoms with Crippen LogP contribution in [0.15, 0.2) is 30.9 Å². The molecule has 1 N–H and O–H groups in total. The van der Waals surface area contributed by atoms with Crippen molar-refractivity contribution >= 4 is 0 Å². The summed E-state index contributed by atoms with van der Waals surface area (Å²) >= 11 is 0. The molecule has 78 valence electrons. The van der Waals surface area contributed by atoms with Gasteiger partial charge in [0.05, 0.1) is 6.20 Å². The van der Waals surface area contributed by atoms with E-state index in [1.807, 2.05) is 0 Å². The molecule has 0 aliphatic carbocycles. The van der Waals surface area contributed by atoms with Crippen molar-refractivity contribution in [1.29, 1.82) is 0 Å². The SMILES string of the molecule is Cn1ccnc1C(O)c1ccncc1F. The molecule has 2 heterocycles. The van der Waals surface area contributed by atoms with E-state index >= 15 is 0 Å². The van der Waals surface area contributed by atoms with Gasteiger partial charge in [0.2, 0.25) is 0 Å². The summed E-state index contributed by atoms with van der Waals surface area (Å²) in [4.78, 5) is 7.58. The lowest BCUT2D eigenvalue weighted by atomic mass is 10.1. The first-order valence-corrected chi connectivity index (χ1v) is 4.45. The van der Waals surface area contributed by atoms with Crippen LogP contribution < -0.4 is 0 Å². The molecule has 0 bridgehead atoms. The summed E-state index contributed by atoms with van der Waals surface area (Å²) < 4.78 is 14.9. The Balaban J connectivity index is 2.41. The Kier molecular flexibility index (Phi) is 2.47. The van der Waals surface area contributed by atoms with Crippen LogP contribution in [0.2, 0.25) is 0 Å². The summed E-state index contributed by atoms with van der Waals surface area (Å²) in [7, 11) is 1.74. The smallest absolute Gasteiger partial charge is 0.147 e. The molecule has 2 rings (SSSR count). The third-order valence-corrected chi connectivity index (χ3v) is 2.20. The molecule has 15 heavy (non-hydrogen) atoms. The Labute approximate surface area is 86.0 Å². The van der Waals surface area contributed by atoms with E-state index in [0.29, 0.717) is 5.82 Å². The monoisotopic (exact) mass is 207 g/mol. The molecule has 5 heteroatoms. The van der Waals surface area contributed by atoms with E-state index in [2.05, 4.69) is 9.97 Å². The van der Waals surface area contributed by atoms with Crippen molar-refractivity contribution in [3.05, 3.63) is 48.1 Å². The highest BCUT2D eigenvalue weighted by atomic mass is 19.1. The van der Waals surface area contributed by atoms with Crippen LogP contribution in [-0.2, 0) is 7.05 Å². The van der Waals surface area contributed by atoms with Crippen molar-refractivity contribution in [2.75, 3.05) is 0 Å². The predicted molar refractivity (Wildman–Crippen MR) is 51.5 cm³/mol. The summed E-state index contributed by atoms with van der Waals surface area (Å²) in [6, 6.07) is 1.44. The minimum absolute atomic E-state index is 0.180. The van der Waals surface area contributed by atoms with Gasteiger partial charge in [-0.05, 0) is 6.07 Å². The number of aliphatic hydroxyl groups is 1. The maximum Gasteiger partial charge on any atom is 0.147 e. The molecule has 2 aromatic rings. The number of imidazole rings is 1. The standard InChI is InChI=1S/C10H10FN3O/c1-14-5-4-13-10(14)9(15)7-2-3-12-6-8(7)11/h2-6,9,15H,1H3. The molecule has 0 spiro atoms. The van der Waals surface area contributed by atoms with Crippen LogP contribution in [0, 0.1) is 5.82 Å². The molecule has 0 fully saturated rings. The van der Waals surface area contributed by atoms with Gasteiger partial charge in [0, 0.05) is 31.2 Å². The Bertz CT molecular complexity index is 469. The van der Waals surface area contributed by atoms with E-state index in [4.69, 9.17) is 0 Å². The third kappa shape index (κ3) is 1.73. The fraction of sp³-hybridized carbons (Fsp3) is 0.200. The van der Waals surface area contributed by atoms with Crippen molar-refractivity contribution < 1.29 is 9.50 Å². The highest BCUT2D eigenvalue weighted by molar-refractivity contribution is 5.21. The summed E-state index contributed by atoms with van der Waals surface area (Å²) in [5, 5.41) is 9.89. The average molecular weight is 207 g/mol. The first kappa shape index (κ1) is 9.79. The number of halogens is 1. The van der Waals surface area contributed by atoms with E-state index < -0.39 is 11.9 Å². The zero-order valence-corrected chi connectivity index (χ0v) is 8.13. The number of rotatable bonds is 2. The van der Waals surface area contributed by atoms with Gasteiger partial charge in [0.15, 0.2) is 0 Å². The van der Waals surface area contributed by atoms with Gasteiger partial charge in [-0.2, -0.15) is 0 Å². The zero-order chi connectivity index (χ0) is 10.8. The second kappa shape index (κ2) is 3.78. The highest BCUT2D eigenvalue weighted by Crippen LogP contribution is 2.21. The Morgan fingerprint density at radius 2 is 2.27 bits per heavy atom. The van der Waals surface area contributed by atoms with Gasteiger partial charge in [0.25, 0.3) is 0 Å². The molecule has 1 unspecified atom stereocenters. The van der Waals surface area contributed by atoms with E-state index in [9.17, 15) is 9.50 Å². The fourth-order valence-corrected chi connectivity index (χ4v) is 1.39. The van der Waals surface area contributed by atoms with Crippen molar-refractivity contribution in [3.63, 3.8) is 0 Å². The highest BCUT2D eigenvalue weighted by Gasteiger charge is 2.18. The Morgan fingerprint density at radius 1 is 1.47 bits per heavy atom. The molecule has 1 atom stereocenters. The molecule has 0 saturated heterocycles. The van der Waals surface area contributed by atoms with Crippen LogP contribution >= 0.6 is 0 Å². The van der Waals surface area contributed by atoms with Crippen LogP contribution in [0.5, 0.6) is 0 Å². The van der Waals surface area contributed by atoms with Crippen LogP contribution in [0.3, 0.4) is 0 Å².